The largest absolute Gasteiger partial charge is 0.360 e. The molecule has 1 rings (SSSR count). The lowest BCUT2D eigenvalue weighted by Gasteiger charge is -2.07. The van der Waals surface area contributed by atoms with E-state index in [1.54, 1.807) is 6.92 Å². The fraction of sp³-hybridized carbons (Fsp3) is 0.111. The van der Waals surface area contributed by atoms with Gasteiger partial charge in [0.05, 0.1) is 0 Å². The van der Waals surface area contributed by atoms with E-state index in [1.165, 1.54) is 0 Å². The maximum atomic E-state index is 7.24. The van der Waals surface area contributed by atoms with Crippen LogP contribution in [0.2, 0.25) is 0 Å². The summed E-state index contributed by atoms with van der Waals surface area (Å²) in [5, 5.41) is 0. The van der Waals surface area contributed by atoms with Crippen molar-refractivity contribution in [2.45, 2.75) is 6.92 Å². The molecule has 0 spiro atoms. The smallest absolute Gasteiger partial charge is 0.0653 e. The zero-order chi connectivity index (χ0) is 6.69. The predicted molar refractivity (Wildman–Crippen MR) is 38.8 cm³/mol. The molecular formula is C9H8-. The van der Waals surface area contributed by atoms with Crippen molar-refractivity contribution in [3.05, 3.63) is 42.5 Å². The minimum absolute atomic E-state index is 0.621. The highest BCUT2D eigenvalue weighted by atomic mass is 13.9. The molecule has 0 atom stereocenters. The van der Waals surface area contributed by atoms with Gasteiger partial charge in [0.15, 0.2) is 0 Å². The summed E-state index contributed by atoms with van der Waals surface area (Å²) in [5.41, 5.74) is 1.62. The van der Waals surface area contributed by atoms with E-state index in [0.29, 0.717) is 5.57 Å². The first-order valence-electron chi connectivity index (χ1n) is 2.91. The van der Waals surface area contributed by atoms with Crippen molar-refractivity contribution in [3.8, 4) is 0 Å². The highest BCUT2D eigenvalue weighted by Crippen LogP contribution is 2.08. The molecule has 0 heteroatoms. The molecule has 0 aliphatic heterocycles. The summed E-state index contributed by atoms with van der Waals surface area (Å²) < 4.78 is 0. The number of benzene rings is 1. The lowest BCUT2D eigenvalue weighted by atomic mass is 10.1. The van der Waals surface area contributed by atoms with Crippen LogP contribution in [0, 0.1) is 6.58 Å². The van der Waals surface area contributed by atoms with Gasteiger partial charge >= 0.3 is 0 Å². The summed E-state index contributed by atoms with van der Waals surface area (Å²) in [4.78, 5) is 0. The van der Waals surface area contributed by atoms with Crippen LogP contribution in [0.3, 0.4) is 0 Å². The standard InChI is InChI=1S/C9H8/c1-8(2)9-6-4-3-5-7-9/h3-7H,1H3/q-1. The topological polar surface area (TPSA) is 0 Å². The second-order valence-corrected chi connectivity index (χ2v) is 1.99. The lowest BCUT2D eigenvalue weighted by Crippen LogP contribution is -1.72. The fourth-order valence-electron chi connectivity index (χ4n) is 0.688. The van der Waals surface area contributed by atoms with Gasteiger partial charge < -0.3 is 6.58 Å². The molecule has 1 aromatic rings. The van der Waals surface area contributed by atoms with Crippen LogP contribution in [0.15, 0.2) is 30.3 Å². The van der Waals surface area contributed by atoms with Gasteiger partial charge in [-0.3, -0.25) is 0 Å². The molecule has 45 valence electrons. The van der Waals surface area contributed by atoms with Gasteiger partial charge in [-0.05, 0) is 0 Å². The third kappa shape index (κ3) is 1.43. The normalized spacial score (nSPS) is 9.00. The maximum absolute atomic E-state index is 7.24. The van der Waals surface area contributed by atoms with Crippen molar-refractivity contribution in [1.29, 1.82) is 0 Å². The van der Waals surface area contributed by atoms with Gasteiger partial charge in [-0.2, -0.15) is 5.56 Å². The van der Waals surface area contributed by atoms with E-state index in [1.807, 2.05) is 30.3 Å². The fourth-order valence-corrected chi connectivity index (χ4v) is 0.688. The molecule has 0 aliphatic carbocycles. The van der Waals surface area contributed by atoms with Crippen molar-refractivity contribution in [3.63, 3.8) is 0 Å². The molecule has 1 radical (unpaired) electrons. The lowest BCUT2D eigenvalue weighted by molar-refractivity contribution is 1.58. The van der Waals surface area contributed by atoms with E-state index < -0.39 is 0 Å². The van der Waals surface area contributed by atoms with Crippen LogP contribution in [-0.4, -0.2) is 0 Å². The van der Waals surface area contributed by atoms with Crippen molar-refractivity contribution in [1.82, 2.24) is 0 Å². The van der Waals surface area contributed by atoms with Crippen molar-refractivity contribution in [2.24, 2.45) is 0 Å². The van der Waals surface area contributed by atoms with Gasteiger partial charge in [0.1, 0.15) is 0 Å². The van der Waals surface area contributed by atoms with Crippen LogP contribution in [0.25, 0.3) is 5.57 Å². The Hall–Kier alpha value is -1.04. The average Bonchev–Trinajstić information content (AvgIpc) is 1.90. The van der Waals surface area contributed by atoms with E-state index in [2.05, 4.69) is 0 Å². The molecule has 9 heavy (non-hydrogen) atoms. The minimum atomic E-state index is 0.621. The Labute approximate surface area is 55.8 Å². The highest BCUT2D eigenvalue weighted by Gasteiger charge is 1.74. The maximum Gasteiger partial charge on any atom is -0.0653 e. The molecular weight excluding hydrogens is 108 g/mol. The van der Waals surface area contributed by atoms with Crippen LogP contribution >= 0.6 is 0 Å². The first-order chi connectivity index (χ1) is 4.30. The van der Waals surface area contributed by atoms with Crippen LogP contribution < -0.4 is 0 Å². The molecule has 0 aromatic heterocycles. The zero-order valence-electron chi connectivity index (χ0n) is 5.39. The van der Waals surface area contributed by atoms with E-state index in [9.17, 15) is 0 Å². The molecule has 0 nitrogen and oxygen atoms in total. The third-order valence-corrected chi connectivity index (χ3v) is 1.21. The Balaban J connectivity index is 2.98. The van der Waals surface area contributed by atoms with Crippen LogP contribution in [0.1, 0.15) is 12.5 Å². The number of rotatable bonds is 1. The molecule has 0 heterocycles. The molecule has 0 saturated carbocycles. The van der Waals surface area contributed by atoms with Gasteiger partial charge in [-0.1, -0.05) is 25.1 Å². The quantitative estimate of drug-likeness (QED) is 0.494. The molecule has 0 N–H and O–H groups in total. The second-order valence-electron chi connectivity index (χ2n) is 1.99. The first-order valence-corrected chi connectivity index (χ1v) is 2.91. The van der Waals surface area contributed by atoms with Crippen molar-refractivity contribution < 1.29 is 0 Å². The Morgan fingerprint density at radius 3 is 2.11 bits per heavy atom. The Morgan fingerprint density at radius 2 is 1.78 bits per heavy atom. The van der Waals surface area contributed by atoms with Gasteiger partial charge in [-0.25, -0.2) is 5.57 Å². The van der Waals surface area contributed by atoms with Crippen molar-refractivity contribution >= 4 is 5.57 Å². The summed E-state index contributed by atoms with van der Waals surface area (Å²) in [6, 6.07) is 9.69. The number of hydrogen-bond donors (Lipinski definition) is 0. The SMILES string of the molecule is [C-]=C(C)c1ccccc1. The molecule has 0 bridgehead atoms. The molecule has 0 saturated heterocycles. The van der Waals surface area contributed by atoms with Gasteiger partial charge in [0, 0.05) is 0 Å². The zero-order valence-corrected chi connectivity index (χ0v) is 5.39. The Bertz CT molecular complexity index is 197. The highest BCUT2D eigenvalue weighted by molar-refractivity contribution is 5.59. The molecule has 0 aliphatic rings. The van der Waals surface area contributed by atoms with E-state index in [4.69, 9.17) is 6.58 Å². The first kappa shape index (κ1) is 6.09. The Morgan fingerprint density at radius 1 is 1.22 bits per heavy atom. The monoisotopic (exact) mass is 116 g/mol. The number of hydrogen-bond acceptors (Lipinski definition) is 0. The summed E-state index contributed by atoms with van der Waals surface area (Å²) in [6.07, 6.45) is 0. The van der Waals surface area contributed by atoms with E-state index in [-0.39, 0.29) is 0 Å². The molecule has 1 aromatic carbocycles. The van der Waals surface area contributed by atoms with E-state index >= 15 is 0 Å². The second kappa shape index (κ2) is 2.49. The third-order valence-electron chi connectivity index (χ3n) is 1.21. The number of allylic oxidation sites excluding steroid dienone is 1. The van der Waals surface area contributed by atoms with Gasteiger partial charge in [0.25, 0.3) is 0 Å². The average molecular weight is 116 g/mol. The minimum Gasteiger partial charge on any atom is -0.360 e. The summed E-state index contributed by atoms with van der Waals surface area (Å²) >= 11 is 0. The van der Waals surface area contributed by atoms with Crippen LogP contribution in [0.4, 0.5) is 0 Å². The molecule has 0 fully saturated rings. The van der Waals surface area contributed by atoms with Crippen LogP contribution in [-0.2, 0) is 0 Å². The summed E-state index contributed by atoms with van der Waals surface area (Å²) in [6.45, 7) is 9.02. The van der Waals surface area contributed by atoms with Gasteiger partial charge in [-0.15, -0.1) is 12.1 Å². The van der Waals surface area contributed by atoms with Gasteiger partial charge in [0.2, 0.25) is 0 Å². The Kier molecular flexibility index (Phi) is 1.69. The molecule has 0 unspecified atom stereocenters. The predicted octanol–water partition coefficient (Wildman–Crippen LogP) is 2.40. The van der Waals surface area contributed by atoms with Crippen LogP contribution in [0.5, 0.6) is 0 Å². The van der Waals surface area contributed by atoms with E-state index in [0.717, 1.165) is 5.56 Å². The van der Waals surface area contributed by atoms with Crippen molar-refractivity contribution in [2.75, 3.05) is 0 Å². The summed E-state index contributed by atoms with van der Waals surface area (Å²) in [5.74, 6) is 0. The summed E-state index contributed by atoms with van der Waals surface area (Å²) in [7, 11) is 0. The molecule has 0 amide bonds.